The Labute approximate surface area is 178 Å². The number of rotatable bonds is 4. The van der Waals surface area contributed by atoms with Crippen LogP contribution in [0.1, 0.15) is 26.3 Å². The highest BCUT2D eigenvalue weighted by molar-refractivity contribution is 8.17. The number of nitrogens with zero attached hydrogens (tertiary/aromatic N) is 3. The molecule has 0 saturated carbocycles. The van der Waals surface area contributed by atoms with Crippen molar-refractivity contribution in [3.05, 3.63) is 35.9 Å². The largest absolute Gasteiger partial charge is 0.357 e. The zero-order valence-corrected chi connectivity index (χ0v) is 18.9. The third-order valence-electron chi connectivity index (χ3n) is 5.17. The van der Waals surface area contributed by atoms with Crippen LogP contribution in [-0.2, 0) is 4.79 Å². The number of nitrogens with one attached hydrogen (secondary N) is 1. The zero-order chi connectivity index (χ0) is 20.0. The molecule has 3 heterocycles. The van der Waals surface area contributed by atoms with E-state index in [2.05, 4.69) is 31.3 Å². The summed E-state index contributed by atoms with van der Waals surface area (Å²) in [5.41, 5.74) is -0.215. The maximum atomic E-state index is 12.2. The Morgan fingerprint density at radius 1 is 0.893 bits per heavy atom. The summed E-state index contributed by atoms with van der Waals surface area (Å²) in [7, 11) is 1.66. The summed E-state index contributed by atoms with van der Waals surface area (Å²) in [5.74, 6) is 2.37. The molecule has 1 amide bonds. The normalized spacial score (nSPS) is 34.8. The summed E-state index contributed by atoms with van der Waals surface area (Å²) in [6, 6.07) is 10.3. The second-order valence-electron chi connectivity index (χ2n) is 7.88. The minimum absolute atomic E-state index is 0.0373. The van der Waals surface area contributed by atoms with Gasteiger partial charge in [0.25, 0.3) is 0 Å². The Bertz CT molecular complexity index is 900. The van der Waals surface area contributed by atoms with E-state index < -0.39 is 5.54 Å². The van der Waals surface area contributed by atoms with Crippen LogP contribution in [0, 0.1) is 0 Å². The van der Waals surface area contributed by atoms with E-state index in [1.165, 1.54) is 5.56 Å². The monoisotopic (exact) mass is 432 g/mol. The van der Waals surface area contributed by atoms with Crippen molar-refractivity contribution in [1.29, 1.82) is 0 Å². The van der Waals surface area contributed by atoms with Gasteiger partial charge in [0.15, 0.2) is 0 Å². The van der Waals surface area contributed by atoms with E-state index in [-0.39, 0.29) is 17.0 Å². The molecule has 28 heavy (non-hydrogen) atoms. The van der Waals surface area contributed by atoms with Crippen LogP contribution in [0.25, 0.3) is 0 Å². The van der Waals surface area contributed by atoms with Gasteiger partial charge in [-0.25, -0.2) is 0 Å². The number of amides is 1. The maximum absolute atomic E-state index is 12.2. The number of likely N-dealkylation sites (N-methyl/N-ethyl adjacent to an activating group) is 1. The van der Waals surface area contributed by atoms with Crippen molar-refractivity contribution in [1.82, 2.24) is 5.32 Å². The van der Waals surface area contributed by atoms with E-state index in [1.807, 2.05) is 25.1 Å². The number of carbonyl (C=O) groups is 1. The molecule has 0 fully saturated rings. The lowest BCUT2D eigenvalue weighted by Gasteiger charge is -2.21. The summed E-state index contributed by atoms with van der Waals surface area (Å²) < 4.78 is 0. The van der Waals surface area contributed by atoms with Crippen molar-refractivity contribution in [3.63, 3.8) is 0 Å². The maximum Gasteiger partial charge on any atom is 0.248 e. The molecule has 0 saturated heterocycles. The van der Waals surface area contributed by atoms with Crippen molar-refractivity contribution in [2.24, 2.45) is 15.0 Å². The third kappa shape index (κ3) is 3.44. The first-order valence-corrected chi connectivity index (χ1v) is 12.2. The van der Waals surface area contributed by atoms with Crippen LogP contribution in [0.4, 0.5) is 0 Å². The quantitative estimate of drug-likeness (QED) is 0.791. The molecule has 148 valence electrons. The van der Waals surface area contributed by atoms with Crippen LogP contribution in [0.2, 0.25) is 0 Å². The lowest BCUT2D eigenvalue weighted by Crippen LogP contribution is -2.42. The van der Waals surface area contributed by atoms with Crippen LogP contribution in [0.3, 0.4) is 0 Å². The summed E-state index contributed by atoms with van der Waals surface area (Å²) in [6.45, 7) is 6.20. The number of carbonyl (C=O) groups excluding carboxylic acids is 1. The van der Waals surface area contributed by atoms with Gasteiger partial charge in [-0.2, -0.15) is 0 Å². The van der Waals surface area contributed by atoms with Gasteiger partial charge in [-0.3, -0.25) is 19.8 Å². The summed E-state index contributed by atoms with van der Waals surface area (Å²) >= 11 is 5.23. The molecular weight excluding hydrogens is 408 g/mol. The average Bonchev–Trinajstić information content (AvgIpc) is 3.41. The Hall–Kier alpha value is -1.25. The van der Waals surface area contributed by atoms with Crippen LogP contribution >= 0.6 is 35.3 Å². The summed E-state index contributed by atoms with van der Waals surface area (Å²) in [6.07, 6.45) is 0. The molecule has 3 aliphatic rings. The van der Waals surface area contributed by atoms with Gasteiger partial charge in [0.1, 0.15) is 16.6 Å². The van der Waals surface area contributed by atoms with Gasteiger partial charge in [0.05, 0.1) is 15.1 Å². The lowest BCUT2D eigenvalue weighted by molar-refractivity contribution is -0.124. The van der Waals surface area contributed by atoms with Crippen molar-refractivity contribution >= 4 is 56.3 Å². The molecule has 0 unspecified atom stereocenters. The van der Waals surface area contributed by atoms with Gasteiger partial charge in [-0.15, -0.1) is 35.3 Å². The first-order valence-electron chi connectivity index (χ1n) is 9.25. The molecule has 0 spiro atoms. The first kappa shape index (κ1) is 20.0. The molecule has 1 N–H and O–H groups in total. The smallest absolute Gasteiger partial charge is 0.248 e. The second kappa shape index (κ2) is 7.22. The fourth-order valence-corrected chi connectivity index (χ4v) is 7.37. The van der Waals surface area contributed by atoms with Gasteiger partial charge >= 0.3 is 0 Å². The fraction of sp³-hybridized carbons (Fsp3) is 0.500. The molecule has 0 radical (unpaired) electrons. The third-order valence-corrected chi connectivity index (χ3v) is 9.50. The molecule has 1 aromatic carbocycles. The molecule has 0 bridgehead atoms. The highest BCUT2D eigenvalue weighted by atomic mass is 32.2. The highest BCUT2D eigenvalue weighted by Gasteiger charge is 2.48. The van der Waals surface area contributed by atoms with Crippen LogP contribution in [0.15, 0.2) is 45.3 Å². The Morgan fingerprint density at radius 3 is 2.21 bits per heavy atom. The predicted molar refractivity (Wildman–Crippen MR) is 125 cm³/mol. The van der Waals surface area contributed by atoms with Crippen LogP contribution < -0.4 is 5.32 Å². The molecule has 4 rings (SSSR count). The van der Waals surface area contributed by atoms with E-state index in [0.717, 1.165) is 26.6 Å². The van der Waals surface area contributed by atoms with Crippen molar-refractivity contribution in [3.8, 4) is 0 Å². The van der Waals surface area contributed by atoms with Crippen LogP contribution in [-0.4, -0.2) is 62.0 Å². The summed E-state index contributed by atoms with van der Waals surface area (Å²) in [5, 5.41) is 5.85. The molecule has 3 atom stereocenters. The number of thioether (sulfide) groups is 3. The minimum Gasteiger partial charge on any atom is -0.357 e. The van der Waals surface area contributed by atoms with E-state index in [4.69, 9.17) is 15.0 Å². The van der Waals surface area contributed by atoms with Crippen LogP contribution in [0.5, 0.6) is 0 Å². The molecule has 8 heteroatoms. The van der Waals surface area contributed by atoms with E-state index in [1.54, 1.807) is 42.3 Å². The average molecular weight is 433 g/mol. The summed E-state index contributed by atoms with van der Waals surface area (Å²) in [4.78, 5) is 27.2. The minimum atomic E-state index is -0.702. The highest BCUT2D eigenvalue weighted by Crippen LogP contribution is 2.44. The molecule has 3 aliphatic heterocycles. The van der Waals surface area contributed by atoms with E-state index >= 15 is 0 Å². The van der Waals surface area contributed by atoms with Gasteiger partial charge < -0.3 is 5.32 Å². The molecule has 1 aromatic rings. The molecule has 0 aromatic heterocycles. The number of aliphatic imine (C=N–C) groups is 3. The Balaban J connectivity index is 1.60. The van der Waals surface area contributed by atoms with E-state index in [9.17, 15) is 4.79 Å². The lowest BCUT2D eigenvalue weighted by atomic mass is 10.0. The van der Waals surface area contributed by atoms with Crippen molar-refractivity contribution in [2.45, 2.75) is 37.4 Å². The number of benzene rings is 1. The van der Waals surface area contributed by atoms with Crippen molar-refractivity contribution < 1.29 is 4.79 Å². The Kier molecular flexibility index (Phi) is 5.17. The second-order valence-corrected chi connectivity index (χ2v) is 10.8. The molecule has 5 nitrogen and oxygen atoms in total. The first-order chi connectivity index (χ1) is 13.3. The molecule has 0 aliphatic carbocycles. The van der Waals surface area contributed by atoms with Gasteiger partial charge in [0.2, 0.25) is 5.91 Å². The van der Waals surface area contributed by atoms with Crippen molar-refractivity contribution in [2.75, 3.05) is 24.3 Å². The number of hydrogen-bond acceptors (Lipinski definition) is 7. The van der Waals surface area contributed by atoms with Gasteiger partial charge in [0, 0.05) is 29.9 Å². The Morgan fingerprint density at radius 2 is 1.50 bits per heavy atom. The zero-order valence-electron chi connectivity index (χ0n) is 16.5. The molecular formula is C20H24N4OS3. The van der Waals surface area contributed by atoms with Gasteiger partial charge in [-0.05, 0) is 20.8 Å². The fourth-order valence-electron chi connectivity index (χ4n) is 3.38. The van der Waals surface area contributed by atoms with E-state index in [0.29, 0.717) is 5.75 Å². The number of hydrogen-bond donors (Lipinski definition) is 1. The standard InChI is InChI=1S/C20H24N4OS3/c1-18(15(25)21-4)10-27-17(23-18)20(3)12-28-16(24-20)19(2)11-26-14(22-19)13-8-6-5-7-9-13/h5-9H,10-12H2,1-4H3,(H,21,25)/t18-,19-,20-/m0/s1. The van der Waals surface area contributed by atoms with Gasteiger partial charge in [-0.1, -0.05) is 30.3 Å². The SMILES string of the molecule is CNC(=O)[C@]1(C)CSC([C@]2(C)CSC([C@]3(C)CSC(c4ccccc4)=N3)=N2)=N1. The predicted octanol–water partition coefficient (Wildman–Crippen LogP) is 3.49. The topological polar surface area (TPSA) is 66.2 Å².